The fourth-order valence-corrected chi connectivity index (χ4v) is 3.84. The highest BCUT2D eigenvalue weighted by atomic mass is 35.5. The SMILES string of the molecule is COCCOCCc1[nH]cc(C(=O)N[C@@H](CC(N)=O)c2cccc(Cl)c2)c1-c1ccccc1F. The van der Waals surface area contributed by atoms with Crippen molar-refractivity contribution in [2.24, 2.45) is 5.73 Å². The molecule has 3 aromatic rings. The van der Waals surface area contributed by atoms with Gasteiger partial charge in [-0.25, -0.2) is 4.39 Å². The number of aromatic nitrogens is 1. The Kier molecular flexibility index (Phi) is 9.21. The van der Waals surface area contributed by atoms with Crippen LogP contribution in [-0.2, 0) is 20.7 Å². The highest BCUT2D eigenvalue weighted by molar-refractivity contribution is 6.30. The lowest BCUT2D eigenvalue weighted by Gasteiger charge is -2.19. The van der Waals surface area contributed by atoms with E-state index in [0.717, 1.165) is 0 Å². The normalized spacial score (nSPS) is 11.9. The molecule has 0 aliphatic heterocycles. The number of nitrogens with one attached hydrogen (secondary N) is 2. The number of carbonyl (C=O) groups is 2. The molecule has 3 rings (SSSR count). The number of halogens is 2. The summed E-state index contributed by atoms with van der Waals surface area (Å²) in [6.45, 7) is 1.25. The monoisotopic (exact) mass is 487 g/mol. The Morgan fingerprint density at radius 3 is 2.65 bits per heavy atom. The number of amides is 2. The van der Waals surface area contributed by atoms with Crippen molar-refractivity contribution >= 4 is 23.4 Å². The lowest BCUT2D eigenvalue weighted by molar-refractivity contribution is -0.118. The van der Waals surface area contributed by atoms with Crippen molar-refractivity contribution in [3.05, 3.63) is 82.4 Å². The molecular formula is C25H27ClFN3O4. The van der Waals surface area contributed by atoms with Gasteiger partial charge in [0.2, 0.25) is 5.91 Å². The third-order valence-corrected chi connectivity index (χ3v) is 5.47. The van der Waals surface area contributed by atoms with E-state index in [2.05, 4.69) is 10.3 Å². The third kappa shape index (κ3) is 6.66. The number of aromatic amines is 1. The zero-order chi connectivity index (χ0) is 24.5. The topological polar surface area (TPSA) is 106 Å². The van der Waals surface area contributed by atoms with Crippen LogP contribution in [0.4, 0.5) is 4.39 Å². The first kappa shape index (κ1) is 25.4. The van der Waals surface area contributed by atoms with E-state index in [0.29, 0.717) is 48.1 Å². The van der Waals surface area contributed by atoms with E-state index in [1.807, 2.05) is 0 Å². The van der Waals surface area contributed by atoms with Crippen molar-refractivity contribution < 1.29 is 23.5 Å². The Hall–Kier alpha value is -3.20. The molecule has 180 valence electrons. The van der Waals surface area contributed by atoms with Crippen LogP contribution in [0.5, 0.6) is 0 Å². The van der Waals surface area contributed by atoms with Crippen LogP contribution < -0.4 is 11.1 Å². The third-order valence-electron chi connectivity index (χ3n) is 5.24. The van der Waals surface area contributed by atoms with E-state index in [4.69, 9.17) is 26.8 Å². The summed E-state index contributed by atoms with van der Waals surface area (Å²) in [5.74, 6) is -1.52. The Morgan fingerprint density at radius 2 is 1.94 bits per heavy atom. The van der Waals surface area contributed by atoms with Crippen LogP contribution in [0.2, 0.25) is 5.02 Å². The summed E-state index contributed by atoms with van der Waals surface area (Å²) in [6.07, 6.45) is 1.84. The highest BCUT2D eigenvalue weighted by Gasteiger charge is 2.24. The lowest BCUT2D eigenvalue weighted by Crippen LogP contribution is -2.32. The van der Waals surface area contributed by atoms with E-state index >= 15 is 0 Å². The molecule has 2 amide bonds. The van der Waals surface area contributed by atoms with Gasteiger partial charge in [-0.2, -0.15) is 0 Å². The Labute approximate surface area is 202 Å². The van der Waals surface area contributed by atoms with E-state index < -0.39 is 23.7 Å². The van der Waals surface area contributed by atoms with Crippen LogP contribution in [0.15, 0.2) is 54.7 Å². The Morgan fingerprint density at radius 1 is 1.15 bits per heavy atom. The van der Waals surface area contributed by atoms with E-state index in [1.165, 1.54) is 12.3 Å². The smallest absolute Gasteiger partial charge is 0.253 e. The van der Waals surface area contributed by atoms with Crippen molar-refractivity contribution in [3.8, 4) is 11.1 Å². The molecule has 4 N–H and O–H groups in total. The van der Waals surface area contributed by atoms with Crippen molar-refractivity contribution in [2.75, 3.05) is 26.9 Å². The number of benzene rings is 2. The summed E-state index contributed by atoms with van der Waals surface area (Å²) in [7, 11) is 1.59. The molecule has 1 heterocycles. The molecule has 0 saturated heterocycles. The molecular weight excluding hydrogens is 461 g/mol. The first-order valence-electron chi connectivity index (χ1n) is 10.8. The second-order valence-corrected chi connectivity index (χ2v) is 8.08. The Balaban J connectivity index is 1.91. The number of primary amides is 1. The summed E-state index contributed by atoms with van der Waals surface area (Å²) >= 11 is 6.09. The second kappa shape index (κ2) is 12.3. The van der Waals surface area contributed by atoms with Gasteiger partial charge in [-0.1, -0.05) is 41.9 Å². The molecule has 0 unspecified atom stereocenters. The predicted molar refractivity (Wildman–Crippen MR) is 128 cm³/mol. The van der Waals surface area contributed by atoms with Crippen LogP contribution in [0.3, 0.4) is 0 Å². The average Bonchev–Trinajstić information content (AvgIpc) is 3.22. The molecule has 0 saturated carbocycles. The van der Waals surface area contributed by atoms with Crippen LogP contribution in [-0.4, -0.2) is 43.7 Å². The molecule has 0 bridgehead atoms. The molecule has 7 nitrogen and oxygen atoms in total. The largest absolute Gasteiger partial charge is 0.382 e. The van der Waals surface area contributed by atoms with Crippen molar-refractivity contribution in [3.63, 3.8) is 0 Å². The zero-order valence-electron chi connectivity index (χ0n) is 18.8. The van der Waals surface area contributed by atoms with Crippen LogP contribution >= 0.6 is 11.6 Å². The molecule has 0 spiro atoms. The number of hydrogen-bond acceptors (Lipinski definition) is 4. The lowest BCUT2D eigenvalue weighted by atomic mass is 9.98. The van der Waals surface area contributed by atoms with Crippen molar-refractivity contribution in [2.45, 2.75) is 18.9 Å². The maximum absolute atomic E-state index is 14.7. The quantitative estimate of drug-likeness (QED) is 0.335. The van der Waals surface area contributed by atoms with Crippen molar-refractivity contribution in [1.82, 2.24) is 10.3 Å². The molecule has 1 atom stereocenters. The fraction of sp³-hybridized carbons (Fsp3) is 0.280. The number of H-pyrrole nitrogens is 1. The van der Waals surface area contributed by atoms with Crippen molar-refractivity contribution in [1.29, 1.82) is 0 Å². The molecule has 0 fully saturated rings. The van der Waals surface area contributed by atoms with Gasteiger partial charge in [-0.3, -0.25) is 9.59 Å². The number of methoxy groups -OCH3 is 1. The van der Waals surface area contributed by atoms with Gasteiger partial charge < -0.3 is 25.5 Å². The minimum atomic E-state index is -0.701. The number of ether oxygens (including phenoxy) is 2. The van der Waals surface area contributed by atoms with Gasteiger partial charge in [0.1, 0.15) is 5.82 Å². The number of carbonyl (C=O) groups excluding carboxylic acids is 2. The fourth-order valence-electron chi connectivity index (χ4n) is 3.65. The minimum Gasteiger partial charge on any atom is -0.382 e. The standard InChI is InChI=1S/C25H27ClFN3O4/c1-33-11-12-34-10-9-21-24(18-7-2-3-8-20(18)27)19(15-29-21)25(32)30-22(14-23(28)31)16-5-4-6-17(26)13-16/h2-8,13,15,22,29H,9-12,14H2,1H3,(H2,28,31)(H,30,32)/t22-/m0/s1. The van der Waals surface area contributed by atoms with Gasteiger partial charge in [0.25, 0.3) is 5.91 Å². The molecule has 0 radical (unpaired) electrons. The van der Waals surface area contributed by atoms with Gasteiger partial charge in [-0.05, 0) is 23.8 Å². The first-order valence-corrected chi connectivity index (χ1v) is 11.1. The first-order chi connectivity index (χ1) is 16.4. The van der Waals surface area contributed by atoms with Crippen LogP contribution in [0.1, 0.15) is 34.1 Å². The average molecular weight is 488 g/mol. The van der Waals surface area contributed by atoms with Gasteiger partial charge in [0.05, 0.1) is 37.8 Å². The maximum atomic E-state index is 14.7. The summed E-state index contributed by atoms with van der Waals surface area (Å²) < 4.78 is 25.3. The van der Waals surface area contributed by atoms with E-state index in [1.54, 1.807) is 49.6 Å². The maximum Gasteiger partial charge on any atom is 0.253 e. The second-order valence-electron chi connectivity index (χ2n) is 7.64. The van der Waals surface area contributed by atoms with Gasteiger partial charge in [0, 0.05) is 41.6 Å². The number of nitrogens with two attached hydrogens (primary N) is 1. The van der Waals surface area contributed by atoms with Gasteiger partial charge >= 0.3 is 0 Å². The van der Waals surface area contributed by atoms with E-state index in [-0.39, 0.29) is 17.5 Å². The Bertz CT molecular complexity index is 1130. The molecule has 0 aliphatic rings. The van der Waals surface area contributed by atoms with Crippen LogP contribution in [0, 0.1) is 5.82 Å². The van der Waals surface area contributed by atoms with Gasteiger partial charge in [0.15, 0.2) is 0 Å². The van der Waals surface area contributed by atoms with Crippen LogP contribution in [0.25, 0.3) is 11.1 Å². The summed E-state index contributed by atoms with van der Waals surface area (Å²) in [5, 5.41) is 3.31. The van der Waals surface area contributed by atoms with Gasteiger partial charge in [-0.15, -0.1) is 0 Å². The predicted octanol–water partition coefficient (Wildman–Crippen LogP) is 4.03. The molecule has 34 heavy (non-hydrogen) atoms. The molecule has 2 aromatic carbocycles. The summed E-state index contributed by atoms with van der Waals surface area (Å²) in [5.41, 5.74) is 7.67. The zero-order valence-corrected chi connectivity index (χ0v) is 19.5. The minimum absolute atomic E-state index is 0.119. The highest BCUT2D eigenvalue weighted by Crippen LogP contribution is 2.31. The molecule has 1 aromatic heterocycles. The summed E-state index contributed by atoms with van der Waals surface area (Å²) in [4.78, 5) is 28.1. The molecule has 9 heteroatoms. The summed E-state index contributed by atoms with van der Waals surface area (Å²) in [6, 6.07) is 12.4. The number of rotatable bonds is 12. The van der Waals surface area contributed by atoms with E-state index in [9.17, 15) is 14.0 Å². The number of hydrogen-bond donors (Lipinski definition) is 3. The molecule has 0 aliphatic carbocycles.